The highest BCUT2D eigenvalue weighted by molar-refractivity contribution is 5.85. The van der Waals surface area contributed by atoms with E-state index in [2.05, 4.69) is 0 Å². The molecule has 0 saturated heterocycles. The Bertz CT molecular complexity index is 281. The molecule has 0 amide bonds. The third-order valence-electron chi connectivity index (χ3n) is 2.94. The van der Waals surface area contributed by atoms with Gasteiger partial charge in [0.25, 0.3) is 0 Å². The van der Waals surface area contributed by atoms with E-state index in [0.29, 0.717) is 0 Å². The van der Waals surface area contributed by atoms with Crippen LogP contribution < -0.4 is 5.73 Å². The molecular weight excluding hydrogens is 271 g/mol. The van der Waals surface area contributed by atoms with Gasteiger partial charge >= 0.3 is 12.1 Å². The Kier molecular flexibility index (Phi) is 5.94. The Balaban J connectivity index is 0.00000289. The molecule has 18 heavy (non-hydrogen) atoms. The zero-order chi connectivity index (χ0) is 13.3. The van der Waals surface area contributed by atoms with Crippen LogP contribution in [0.2, 0.25) is 0 Å². The van der Waals surface area contributed by atoms with Crippen molar-refractivity contribution in [2.24, 2.45) is 11.7 Å². The number of carbonyl (C=O) groups excluding carboxylic acids is 1. The van der Waals surface area contributed by atoms with Crippen molar-refractivity contribution in [1.82, 2.24) is 0 Å². The topological polar surface area (TPSA) is 52.3 Å². The molecular formula is C11H19ClF3NO2. The van der Waals surface area contributed by atoms with Crippen molar-refractivity contribution >= 4 is 18.4 Å². The third-order valence-corrected chi connectivity index (χ3v) is 2.94. The van der Waals surface area contributed by atoms with Crippen molar-refractivity contribution in [3.8, 4) is 0 Å². The second-order valence-electron chi connectivity index (χ2n) is 5.14. The first-order valence-electron chi connectivity index (χ1n) is 5.67. The number of ether oxygens (including phenoxy) is 1. The van der Waals surface area contributed by atoms with Crippen LogP contribution >= 0.6 is 12.4 Å². The SMILES string of the molecule is CC(C)(N)C(=O)OC1CCC(C(F)(F)F)CC1.Cl. The molecule has 0 bridgehead atoms. The summed E-state index contributed by atoms with van der Waals surface area (Å²) in [5.74, 6) is -1.82. The van der Waals surface area contributed by atoms with Gasteiger partial charge in [0.15, 0.2) is 0 Å². The standard InChI is InChI=1S/C11H18F3NO2.ClH/c1-10(2,15)9(16)17-8-5-3-7(4-6-8)11(12,13)14;/h7-8H,3-6,15H2,1-2H3;1H. The summed E-state index contributed by atoms with van der Waals surface area (Å²) in [6.45, 7) is 3.02. The van der Waals surface area contributed by atoms with E-state index >= 15 is 0 Å². The summed E-state index contributed by atoms with van der Waals surface area (Å²) in [5.41, 5.74) is 4.44. The van der Waals surface area contributed by atoms with E-state index in [1.165, 1.54) is 13.8 Å². The Morgan fingerprint density at radius 3 is 1.94 bits per heavy atom. The molecule has 1 saturated carbocycles. The number of hydrogen-bond acceptors (Lipinski definition) is 3. The van der Waals surface area contributed by atoms with Crippen LogP contribution in [0.4, 0.5) is 13.2 Å². The predicted molar refractivity (Wildman–Crippen MR) is 63.4 cm³/mol. The number of halogens is 4. The fourth-order valence-corrected chi connectivity index (χ4v) is 1.81. The third kappa shape index (κ3) is 5.02. The van der Waals surface area contributed by atoms with Gasteiger partial charge in [-0.25, -0.2) is 0 Å². The largest absolute Gasteiger partial charge is 0.461 e. The van der Waals surface area contributed by atoms with Crippen molar-refractivity contribution in [2.45, 2.75) is 57.3 Å². The fraction of sp³-hybridized carbons (Fsp3) is 0.909. The number of alkyl halides is 3. The molecule has 0 heterocycles. The molecule has 0 aromatic rings. The maximum atomic E-state index is 12.4. The molecule has 1 fully saturated rings. The first kappa shape index (κ1) is 17.5. The summed E-state index contributed by atoms with van der Waals surface area (Å²) in [6.07, 6.45) is -4.01. The summed E-state index contributed by atoms with van der Waals surface area (Å²) in [7, 11) is 0. The normalized spacial score (nSPS) is 25.2. The average Bonchev–Trinajstić information content (AvgIpc) is 2.15. The summed E-state index contributed by atoms with van der Waals surface area (Å²) in [4.78, 5) is 11.4. The van der Waals surface area contributed by atoms with Crippen molar-refractivity contribution in [3.05, 3.63) is 0 Å². The van der Waals surface area contributed by atoms with E-state index in [0.717, 1.165) is 0 Å². The van der Waals surface area contributed by atoms with E-state index in [4.69, 9.17) is 10.5 Å². The number of nitrogens with two attached hydrogens (primary N) is 1. The summed E-state index contributed by atoms with van der Waals surface area (Å²) >= 11 is 0. The van der Waals surface area contributed by atoms with E-state index in [9.17, 15) is 18.0 Å². The van der Waals surface area contributed by atoms with Gasteiger partial charge in [0.05, 0.1) is 5.92 Å². The van der Waals surface area contributed by atoms with Crippen LogP contribution in [0.15, 0.2) is 0 Å². The van der Waals surface area contributed by atoms with E-state index in [-0.39, 0.29) is 38.1 Å². The first-order chi connectivity index (χ1) is 7.60. The lowest BCUT2D eigenvalue weighted by atomic mass is 9.87. The number of esters is 1. The monoisotopic (exact) mass is 289 g/mol. The van der Waals surface area contributed by atoms with Crippen LogP contribution in [0.1, 0.15) is 39.5 Å². The Morgan fingerprint density at radius 2 is 1.61 bits per heavy atom. The van der Waals surface area contributed by atoms with Crippen LogP contribution in [0.25, 0.3) is 0 Å². The lowest BCUT2D eigenvalue weighted by Crippen LogP contribution is -2.45. The summed E-state index contributed by atoms with van der Waals surface area (Å²) in [6, 6.07) is 0. The van der Waals surface area contributed by atoms with Gasteiger partial charge in [-0.3, -0.25) is 4.79 Å². The highest BCUT2D eigenvalue weighted by atomic mass is 35.5. The lowest BCUT2D eigenvalue weighted by Gasteiger charge is -2.31. The number of hydrogen-bond donors (Lipinski definition) is 1. The van der Waals surface area contributed by atoms with Gasteiger partial charge in [0.1, 0.15) is 11.6 Å². The Morgan fingerprint density at radius 1 is 1.17 bits per heavy atom. The van der Waals surface area contributed by atoms with E-state index in [1.54, 1.807) is 0 Å². The van der Waals surface area contributed by atoms with Crippen LogP contribution in [0, 0.1) is 5.92 Å². The summed E-state index contributed by atoms with van der Waals surface area (Å²) in [5, 5.41) is 0. The molecule has 0 aliphatic heterocycles. The van der Waals surface area contributed by atoms with Crippen LogP contribution in [0.3, 0.4) is 0 Å². The maximum Gasteiger partial charge on any atom is 0.391 e. The quantitative estimate of drug-likeness (QED) is 0.795. The highest BCUT2D eigenvalue weighted by Gasteiger charge is 2.42. The van der Waals surface area contributed by atoms with Crippen LogP contribution in [0.5, 0.6) is 0 Å². The Hall–Kier alpha value is -0.490. The van der Waals surface area contributed by atoms with Gasteiger partial charge in [-0.2, -0.15) is 13.2 Å². The van der Waals surface area contributed by atoms with E-state index in [1.807, 2.05) is 0 Å². The molecule has 0 aromatic carbocycles. The number of rotatable bonds is 2. The van der Waals surface area contributed by atoms with Crippen molar-refractivity contribution in [2.75, 3.05) is 0 Å². The molecule has 3 nitrogen and oxygen atoms in total. The van der Waals surface area contributed by atoms with Crippen molar-refractivity contribution < 1.29 is 22.7 Å². The molecule has 108 valence electrons. The molecule has 0 unspecified atom stereocenters. The molecule has 0 radical (unpaired) electrons. The van der Waals surface area contributed by atoms with Crippen LogP contribution in [-0.2, 0) is 9.53 Å². The fourth-order valence-electron chi connectivity index (χ4n) is 1.81. The first-order valence-corrected chi connectivity index (χ1v) is 5.67. The van der Waals surface area contributed by atoms with Gasteiger partial charge < -0.3 is 10.5 Å². The number of carbonyl (C=O) groups is 1. The minimum atomic E-state index is -4.14. The molecule has 0 atom stereocenters. The zero-order valence-corrected chi connectivity index (χ0v) is 11.2. The molecule has 1 aliphatic rings. The van der Waals surface area contributed by atoms with Gasteiger partial charge in [-0.05, 0) is 39.5 Å². The molecule has 0 spiro atoms. The maximum absolute atomic E-state index is 12.4. The molecule has 1 aliphatic carbocycles. The molecule has 0 aromatic heterocycles. The van der Waals surface area contributed by atoms with Gasteiger partial charge in [0.2, 0.25) is 0 Å². The minimum Gasteiger partial charge on any atom is -0.461 e. The zero-order valence-electron chi connectivity index (χ0n) is 10.4. The molecule has 2 N–H and O–H groups in total. The predicted octanol–water partition coefficient (Wildman–Crippen LogP) is 2.81. The molecule has 1 rings (SSSR count). The molecule has 7 heteroatoms. The average molecular weight is 290 g/mol. The van der Waals surface area contributed by atoms with Crippen molar-refractivity contribution in [1.29, 1.82) is 0 Å². The minimum absolute atomic E-state index is 0. The smallest absolute Gasteiger partial charge is 0.391 e. The Labute approximate surface area is 111 Å². The second kappa shape index (κ2) is 6.10. The lowest BCUT2D eigenvalue weighted by molar-refractivity contribution is -0.189. The van der Waals surface area contributed by atoms with Gasteiger partial charge in [0, 0.05) is 0 Å². The van der Waals surface area contributed by atoms with Gasteiger partial charge in [-0.15, -0.1) is 12.4 Å². The van der Waals surface area contributed by atoms with Gasteiger partial charge in [-0.1, -0.05) is 0 Å². The van der Waals surface area contributed by atoms with Crippen LogP contribution in [-0.4, -0.2) is 23.8 Å². The van der Waals surface area contributed by atoms with E-state index < -0.39 is 29.7 Å². The summed E-state index contributed by atoms with van der Waals surface area (Å²) < 4.78 is 42.3. The second-order valence-corrected chi connectivity index (χ2v) is 5.14. The van der Waals surface area contributed by atoms with Crippen molar-refractivity contribution in [3.63, 3.8) is 0 Å². The highest BCUT2D eigenvalue weighted by Crippen LogP contribution is 2.38.